The highest BCUT2D eigenvalue weighted by atomic mass is 19.3. The van der Waals surface area contributed by atoms with Crippen LogP contribution < -0.4 is 10.1 Å². The van der Waals surface area contributed by atoms with Crippen LogP contribution >= 0.6 is 0 Å². The molecule has 2 N–H and O–H groups in total. The van der Waals surface area contributed by atoms with Gasteiger partial charge in [0.15, 0.2) is 0 Å². The normalized spacial score (nSPS) is 11.3. The van der Waals surface area contributed by atoms with E-state index in [-0.39, 0.29) is 12.2 Å². The molecule has 0 spiro atoms. The number of halogens is 2. The van der Waals surface area contributed by atoms with Crippen molar-refractivity contribution in [3.8, 4) is 5.75 Å². The monoisotopic (exact) mass is 363 g/mol. The molecule has 138 valence electrons. The Labute approximate surface area is 149 Å². The molecule has 0 bridgehead atoms. The fourth-order valence-electron chi connectivity index (χ4n) is 2.33. The van der Waals surface area contributed by atoms with E-state index in [1.165, 1.54) is 12.1 Å². The van der Waals surface area contributed by atoms with Crippen LogP contribution in [-0.4, -0.2) is 23.6 Å². The molecule has 1 amide bonds. The summed E-state index contributed by atoms with van der Waals surface area (Å²) in [6.45, 7) is 0.204. The van der Waals surface area contributed by atoms with Crippen LogP contribution in [0.5, 0.6) is 5.75 Å². The number of carbonyl (C=O) groups is 2. The van der Waals surface area contributed by atoms with Crippen molar-refractivity contribution < 1.29 is 28.2 Å². The summed E-state index contributed by atoms with van der Waals surface area (Å²) in [6.07, 6.45) is -0.134. The average molecular weight is 363 g/mol. The Kier molecular flexibility index (Phi) is 5.92. The number of rotatable bonds is 7. The van der Waals surface area contributed by atoms with Gasteiger partial charge in [-0.3, -0.25) is 9.59 Å². The van der Waals surface area contributed by atoms with E-state index in [9.17, 15) is 23.5 Å². The Bertz CT molecular complexity index is 788. The third kappa shape index (κ3) is 4.78. The van der Waals surface area contributed by atoms with E-state index in [1.807, 2.05) is 0 Å². The molecule has 0 aliphatic carbocycles. The van der Waals surface area contributed by atoms with Gasteiger partial charge in [-0.1, -0.05) is 30.3 Å². The lowest BCUT2D eigenvalue weighted by Crippen LogP contribution is -2.28. The minimum atomic E-state index is -2.97. The van der Waals surface area contributed by atoms with Crippen molar-refractivity contribution in [2.75, 3.05) is 5.32 Å². The van der Waals surface area contributed by atoms with Crippen molar-refractivity contribution in [3.05, 3.63) is 59.7 Å². The number of para-hydroxylation sites is 1. The van der Waals surface area contributed by atoms with Crippen molar-refractivity contribution in [1.82, 2.24) is 0 Å². The van der Waals surface area contributed by atoms with Crippen molar-refractivity contribution in [2.24, 2.45) is 0 Å². The quantitative estimate of drug-likeness (QED) is 0.784. The highest BCUT2D eigenvalue weighted by molar-refractivity contribution is 5.92. The van der Waals surface area contributed by atoms with Crippen LogP contribution in [0.25, 0.3) is 0 Å². The van der Waals surface area contributed by atoms with E-state index in [2.05, 4.69) is 10.1 Å². The summed E-state index contributed by atoms with van der Waals surface area (Å²) in [4.78, 5) is 23.4. The van der Waals surface area contributed by atoms with Gasteiger partial charge in [0, 0.05) is 11.3 Å². The maximum atomic E-state index is 12.4. The first-order valence-electron chi connectivity index (χ1n) is 7.86. The number of hydrogen-bond acceptors (Lipinski definition) is 3. The number of hydrogen-bond donors (Lipinski definition) is 2. The van der Waals surface area contributed by atoms with Crippen LogP contribution in [0.4, 0.5) is 14.5 Å². The van der Waals surface area contributed by atoms with E-state index in [4.69, 9.17) is 0 Å². The molecule has 0 unspecified atom stereocenters. The van der Waals surface area contributed by atoms with Crippen molar-refractivity contribution in [3.63, 3.8) is 0 Å². The van der Waals surface area contributed by atoms with Crippen molar-refractivity contribution in [2.45, 2.75) is 32.3 Å². The third-order valence-electron chi connectivity index (χ3n) is 3.96. The van der Waals surface area contributed by atoms with Gasteiger partial charge in [-0.05, 0) is 37.6 Å². The van der Waals surface area contributed by atoms with Crippen molar-refractivity contribution in [1.29, 1.82) is 0 Å². The first-order valence-corrected chi connectivity index (χ1v) is 7.86. The van der Waals surface area contributed by atoms with Gasteiger partial charge in [-0.15, -0.1) is 0 Å². The number of carboxylic acid groups (broad SMARTS) is 1. The maximum absolute atomic E-state index is 12.4. The molecular formula is C19H19F2NO4. The Morgan fingerprint density at radius 1 is 1.12 bits per heavy atom. The molecule has 0 radical (unpaired) electrons. The molecule has 0 heterocycles. The molecule has 7 heteroatoms. The lowest BCUT2D eigenvalue weighted by atomic mass is 9.85. The number of anilines is 1. The third-order valence-corrected chi connectivity index (χ3v) is 3.96. The number of alkyl halides is 2. The highest BCUT2D eigenvalue weighted by Crippen LogP contribution is 2.25. The molecule has 2 aromatic rings. The Balaban J connectivity index is 2.06. The lowest BCUT2D eigenvalue weighted by Gasteiger charge is -2.20. The van der Waals surface area contributed by atoms with Crippen LogP contribution in [0.1, 0.15) is 25.0 Å². The van der Waals surface area contributed by atoms with Crippen LogP contribution in [0.3, 0.4) is 0 Å². The van der Waals surface area contributed by atoms with Crippen LogP contribution in [0.2, 0.25) is 0 Å². The number of carbonyl (C=O) groups excluding carboxylic acids is 1. The fraction of sp³-hybridized carbons (Fsp3) is 0.263. The molecule has 2 aromatic carbocycles. The molecule has 0 aromatic heterocycles. The molecular weight excluding hydrogens is 344 g/mol. The van der Waals surface area contributed by atoms with E-state index in [1.54, 1.807) is 50.2 Å². The van der Waals surface area contributed by atoms with Crippen LogP contribution in [0, 0.1) is 0 Å². The summed E-state index contributed by atoms with van der Waals surface area (Å²) in [5, 5.41) is 11.9. The largest absolute Gasteiger partial charge is 0.481 e. The smallest absolute Gasteiger partial charge is 0.387 e. The first-order chi connectivity index (χ1) is 12.2. The van der Waals surface area contributed by atoms with Crippen LogP contribution in [0.15, 0.2) is 48.5 Å². The zero-order valence-electron chi connectivity index (χ0n) is 14.3. The summed E-state index contributed by atoms with van der Waals surface area (Å²) < 4.78 is 29.2. The molecule has 0 fully saturated rings. The zero-order valence-corrected chi connectivity index (χ0v) is 14.3. The summed E-state index contributed by atoms with van der Waals surface area (Å²) in [5.74, 6) is -1.40. The molecule has 0 aliphatic heterocycles. The molecule has 2 rings (SSSR count). The van der Waals surface area contributed by atoms with Crippen LogP contribution in [-0.2, 0) is 21.4 Å². The summed E-state index contributed by atoms with van der Waals surface area (Å²) in [7, 11) is 0. The van der Waals surface area contributed by atoms with E-state index in [0.29, 0.717) is 16.8 Å². The predicted molar refractivity (Wildman–Crippen MR) is 92.5 cm³/mol. The van der Waals surface area contributed by atoms with E-state index in [0.717, 1.165) is 0 Å². The van der Waals surface area contributed by atoms with Crippen molar-refractivity contribution >= 4 is 17.6 Å². The number of nitrogens with one attached hydrogen (secondary N) is 1. The predicted octanol–water partition coefficient (Wildman–Crippen LogP) is 3.83. The minimum Gasteiger partial charge on any atom is -0.481 e. The topological polar surface area (TPSA) is 75.6 Å². The minimum absolute atomic E-state index is 0.0452. The van der Waals surface area contributed by atoms with Gasteiger partial charge in [-0.2, -0.15) is 8.78 Å². The SMILES string of the molecule is CC(C)(C(=O)O)c1ccc(NC(=O)Cc2ccccc2OC(F)F)cc1. The molecule has 0 saturated carbocycles. The molecule has 26 heavy (non-hydrogen) atoms. The molecule has 5 nitrogen and oxygen atoms in total. The first kappa shape index (κ1) is 19.4. The number of amides is 1. The Morgan fingerprint density at radius 2 is 1.73 bits per heavy atom. The standard InChI is InChI=1S/C19H19F2NO4/c1-19(2,17(24)25)13-7-9-14(10-8-13)22-16(23)11-12-5-3-4-6-15(12)26-18(20)21/h3-10,18H,11H2,1-2H3,(H,22,23)(H,24,25). The molecule has 0 aliphatic rings. The second kappa shape index (κ2) is 7.95. The van der Waals surface area contributed by atoms with Gasteiger partial charge >= 0.3 is 12.6 Å². The van der Waals surface area contributed by atoms with Gasteiger partial charge < -0.3 is 15.2 Å². The summed E-state index contributed by atoms with van der Waals surface area (Å²) in [5.41, 5.74) is 0.369. The number of carboxylic acids is 1. The van der Waals surface area contributed by atoms with Gasteiger partial charge in [0.25, 0.3) is 0 Å². The fourth-order valence-corrected chi connectivity index (χ4v) is 2.33. The van der Waals surface area contributed by atoms with Gasteiger partial charge in [-0.25, -0.2) is 0 Å². The van der Waals surface area contributed by atoms with Gasteiger partial charge in [0.05, 0.1) is 11.8 Å². The summed E-state index contributed by atoms with van der Waals surface area (Å²) in [6, 6.07) is 12.5. The Morgan fingerprint density at radius 3 is 2.31 bits per heavy atom. The molecule has 0 saturated heterocycles. The van der Waals surface area contributed by atoms with Gasteiger partial charge in [0.1, 0.15) is 5.75 Å². The Hall–Kier alpha value is -2.96. The average Bonchev–Trinajstić information content (AvgIpc) is 2.56. The summed E-state index contributed by atoms with van der Waals surface area (Å²) >= 11 is 0. The second-order valence-electron chi connectivity index (χ2n) is 6.22. The second-order valence-corrected chi connectivity index (χ2v) is 6.22. The van der Waals surface area contributed by atoms with E-state index < -0.39 is 23.9 Å². The maximum Gasteiger partial charge on any atom is 0.387 e. The zero-order chi connectivity index (χ0) is 19.3. The highest BCUT2D eigenvalue weighted by Gasteiger charge is 2.29. The number of benzene rings is 2. The lowest BCUT2D eigenvalue weighted by molar-refractivity contribution is -0.142. The van der Waals surface area contributed by atoms with Gasteiger partial charge in [0.2, 0.25) is 5.91 Å². The number of ether oxygens (including phenoxy) is 1. The van der Waals surface area contributed by atoms with E-state index >= 15 is 0 Å². The molecule has 0 atom stereocenters. The number of aliphatic carboxylic acids is 1.